The Hall–Kier alpha value is -0.370. The maximum absolute atomic E-state index is 11.2. The Morgan fingerprint density at radius 2 is 2.00 bits per heavy atom. The van der Waals surface area contributed by atoms with Gasteiger partial charge in [-0.15, -0.1) is 0 Å². The molecule has 0 fully saturated rings. The lowest BCUT2D eigenvalue weighted by Gasteiger charge is -2.11. The number of ketones is 1. The van der Waals surface area contributed by atoms with Gasteiger partial charge in [0.15, 0.2) is 0 Å². The number of unbranched alkanes of at least 4 members (excludes halogenated alkanes) is 1. The number of rotatable bonds is 7. The van der Waals surface area contributed by atoms with Gasteiger partial charge in [0.2, 0.25) is 0 Å². The molecule has 0 amide bonds. The van der Waals surface area contributed by atoms with E-state index in [0.29, 0.717) is 18.8 Å². The molecule has 0 aromatic rings. The first-order valence-corrected chi connectivity index (χ1v) is 5.26. The number of carbonyl (C=O) groups excluding carboxylic acids is 1. The highest BCUT2D eigenvalue weighted by Gasteiger charge is 2.11. The quantitative estimate of drug-likeness (QED) is 0.663. The Balaban J connectivity index is 3.53. The summed E-state index contributed by atoms with van der Waals surface area (Å²) in [6, 6.07) is 0. The van der Waals surface area contributed by atoms with Gasteiger partial charge < -0.3 is 5.11 Å². The fraction of sp³-hybridized carbons (Fsp3) is 0.909. The molecule has 0 aromatic carbocycles. The number of Topliss-reactive ketones (excluding diaryl/α,β-unsaturated/α-hetero) is 1. The third kappa shape index (κ3) is 7.97. The second-order valence-electron chi connectivity index (χ2n) is 4.13. The molecule has 0 radical (unpaired) electrons. The van der Waals surface area contributed by atoms with E-state index in [4.69, 9.17) is 0 Å². The molecule has 0 aliphatic carbocycles. The fourth-order valence-electron chi connectivity index (χ4n) is 1.37. The first-order valence-electron chi connectivity index (χ1n) is 5.26. The van der Waals surface area contributed by atoms with E-state index in [2.05, 4.69) is 20.8 Å². The fourth-order valence-corrected chi connectivity index (χ4v) is 1.37. The maximum Gasteiger partial charge on any atom is 0.135 e. The maximum atomic E-state index is 11.2. The van der Waals surface area contributed by atoms with Crippen LogP contribution in [0.25, 0.3) is 0 Å². The van der Waals surface area contributed by atoms with Crippen LogP contribution in [-0.4, -0.2) is 17.0 Å². The van der Waals surface area contributed by atoms with Crippen molar-refractivity contribution in [1.29, 1.82) is 0 Å². The number of aliphatic hydroxyl groups is 1. The lowest BCUT2D eigenvalue weighted by molar-refractivity contribution is -0.121. The molecule has 0 heterocycles. The van der Waals surface area contributed by atoms with Gasteiger partial charge in [0, 0.05) is 12.8 Å². The topological polar surface area (TPSA) is 37.3 Å². The van der Waals surface area contributed by atoms with E-state index in [-0.39, 0.29) is 5.78 Å². The van der Waals surface area contributed by atoms with Crippen molar-refractivity contribution in [2.24, 2.45) is 5.92 Å². The average Bonchev–Trinajstić information content (AvgIpc) is 1.98. The minimum atomic E-state index is -0.427. The van der Waals surface area contributed by atoms with Crippen molar-refractivity contribution >= 4 is 5.78 Å². The molecule has 2 heteroatoms. The van der Waals surface area contributed by atoms with Gasteiger partial charge in [0.25, 0.3) is 0 Å². The lowest BCUT2D eigenvalue weighted by Crippen LogP contribution is -2.15. The van der Waals surface area contributed by atoms with E-state index >= 15 is 0 Å². The van der Waals surface area contributed by atoms with Crippen LogP contribution in [0, 0.1) is 5.92 Å². The molecule has 13 heavy (non-hydrogen) atoms. The Labute approximate surface area is 81.3 Å². The molecule has 0 saturated carbocycles. The molecule has 0 aromatic heterocycles. The average molecular weight is 186 g/mol. The smallest absolute Gasteiger partial charge is 0.135 e. The minimum Gasteiger partial charge on any atom is -0.393 e. The number of carbonyl (C=O) groups is 1. The number of hydrogen-bond donors (Lipinski definition) is 1. The van der Waals surface area contributed by atoms with Crippen molar-refractivity contribution in [2.75, 3.05) is 0 Å². The molecule has 0 saturated heterocycles. The standard InChI is InChI=1S/C11H22O2/c1-4-5-6-10(12)8-11(13)7-9(2)3/h9,11,13H,4-8H2,1-3H3/t11-/m1/s1. The third-order valence-corrected chi connectivity index (χ3v) is 2.02. The summed E-state index contributed by atoms with van der Waals surface area (Å²) in [6.07, 6.45) is 3.28. The predicted octanol–water partition coefficient (Wildman–Crippen LogP) is 2.54. The SMILES string of the molecule is CCCCC(=O)C[C@H](O)CC(C)C. The van der Waals surface area contributed by atoms with Crippen LogP contribution in [-0.2, 0) is 4.79 Å². The molecular formula is C11H22O2. The Kier molecular flexibility index (Phi) is 6.87. The van der Waals surface area contributed by atoms with Crippen LogP contribution in [0.4, 0.5) is 0 Å². The summed E-state index contributed by atoms with van der Waals surface area (Å²) in [7, 11) is 0. The van der Waals surface area contributed by atoms with E-state index < -0.39 is 6.10 Å². The number of hydrogen-bond acceptors (Lipinski definition) is 2. The van der Waals surface area contributed by atoms with Gasteiger partial charge in [-0.05, 0) is 18.8 Å². The first kappa shape index (κ1) is 12.6. The Bertz CT molecular complexity index is 141. The summed E-state index contributed by atoms with van der Waals surface area (Å²) >= 11 is 0. The summed E-state index contributed by atoms with van der Waals surface area (Å²) < 4.78 is 0. The Morgan fingerprint density at radius 1 is 1.38 bits per heavy atom. The van der Waals surface area contributed by atoms with Crippen molar-refractivity contribution in [1.82, 2.24) is 0 Å². The Morgan fingerprint density at radius 3 is 2.46 bits per heavy atom. The molecule has 78 valence electrons. The summed E-state index contributed by atoms with van der Waals surface area (Å²) in [4.78, 5) is 11.2. The molecular weight excluding hydrogens is 164 g/mol. The third-order valence-electron chi connectivity index (χ3n) is 2.02. The highest BCUT2D eigenvalue weighted by atomic mass is 16.3. The normalized spacial score (nSPS) is 13.3. The summed E-state index contributed by atoms with van der Waals surface area (Å²) in [5.41, 5.74) is 0. The van der Waals surface area contributed by atoms with Gasteiger partial charge >= 0.3 is 0 Å². The van der Waals surface area contributed by atoms with Crippen molar-refractivity contribution in [3.8, 4) is 0 Å². The monoisotopic (exact) mass is 186 g/mol. The first-order chi connectivity index (χ1) is 6.06. The zero-order valence-electron chi connectivity index (χ0n) is 9.05. The molecule has 2 nitrogen and oxygen atoms in total. The van der Waals surface area contributed by atoms with E-state index in [0.717, 1.165) is 19.3 Å². The highest BCUT2D eigenvalue weighted by Crippen LogP contribution is 2.09. The molecule has 1 N–H and O–H groups in total. The summed E-state index contributed by atoms with van der Waals surface area (Å²) in [5.74, 6) is 0.670. The largest absolute Gasteiger partial charge is 0.393 e. The highest BCUT2D eigenvalue weighted by molar-refractivity contribution is 5.78. The van der Waals surface area contributed by atoms with Crippen LogP contribution in [0.3, 0.4) is 0 Å². The molecule has 0 aliphatic heterocycles. The van der Waals surface area contributed by atoms with Gasteiger partial charge in [-0.3, -0.25) is 4.79 Å². The molecule has 0 aliphatic rings. The molecule has 1 atom stereocenters. The zero-order chi connectivity index (χ0) is 10.3. The van der Waals surface area contributed by atoms with Crippen LogP contribution >= 0.6 is 0 Å². The van der Waals surface area contributed by atoms with Crippen LogP contribution in [0.5, 0.6) is 0 Å². The molecule has 0 spiro atoms. The van der Waals surface area contributed by atoms with Crippen LogP contribution in [0.2, 0.25) is 0 Å². The van der Waals surface area contributed by atoms with Crippen LogP contribution < -0.4 is 0 Å². The van der Waals surface area contributed by atoms with Crippen LogP contribution in [0.15, 0.2) is 0 Å². The van der Waals surface area contributed by atoms with Gasteiger partial charge in [-0.25, -0.2) is 0 Å². The summed E-state index contributed by atoms with van der Waals surface area (Å²) in [5, 5.41) is 9.47. The van der Waals surface area contributed by atoms with E-state index in [9.17, 15) is 9.90 Å². The lowest BCUT2D eigenvalue weighted by atomic mass is 10.00. The second kappa shape index (κ2) is 7.07. The van der Waals surface area contributed by atoms with Crippen molar-refractivity contribution < 1.29 is 9.90 Å². The summed E-state index contributed by atoms with van der Waals surface area (Å²) in [6.45, 7) is 6.18. The van der Waals surface area contributed by atoms with Gasteiger partial charge in [0.05, 0.1) is 6.10 Å². The van der Waals surface area contributed by atoms with E-state index in [1.165, 1.54) is 0 Å². The van der Waals surface area contributed by atoms with Gasteiger partial charge in [-0.1, -0.05) is 27.2 Å². The van der Waals surface area contributed by atoms with Crippen LogP contribution in [0.1, 0.15) is 52.9 Å². The van der Waals surface area contributed by atoms with E-state index in [1.807, 2.05) is 0 Å². The molecule has 0 bridgehead atoms. The van der Waals surface area contributed by atoms with Gasteiger partial charge in [-0.2, -0.15) is 0 Å². The molecule has 0 unspecified atom stereocenters. The predicted molar refractivity (Wildman–Crippen MR) is 54.6 cm³/mol. The zero-order valence-corrected chi connectivity index (χ0v) is 9.05. The van der Waals surface area contributed by atoms with E-state index in [1.54, 1.807) is 0 Å². The number of aliphatic hydroxyl groups excluding tert-OH is 1. The molecule has 0 rings (SSSR count). The minimum absolute atomic E-state index is 0.204. The van der Waals surface area contributed by atoms with Gasteiger partial charge in [0.1, 0.15) is 5.78 Å². The van der Waals surface area contributed by atoms with Crippen molar-refractivity contribution in [3.05, 3.63) is 0 Å². The van der Waals surface area contributed by atoms with Crippen molar-refractivity contribution in [3.63, 3.8) is 0 Å². The second-order valence-corrected chi connectivity index (χ2v) is 4.13. The van der Waals surface area contributed by atoms with Crippen molar-refractivity contribution in [2.45, 2.75) is 59.0 Å².